The first-order valence-corrected chi connectivity index (χ1v) is 6.08. The van der Waals surface area contributed by atoms with E-state index in [1.165, 1.54) is 12.8 Å². The number of hydrogen-bond acceptors (Lipinski definition) is 3. The largest absolute Gasteiger partial charge is 0.341 e. The van der Waals surface area contributed by atoms with Crippen LogP contribution in [0, 0.1) is 3.57 Å². The lowest BCUT2D eigenvalue weighted by Gasteiger charge is -2.19. The molecule has 0 aromatic carbocycles. The fourth-order valence-corrected chi connectivity index (χ4v) is 1.50. The van der Waals surface area contributed by atoms with Gasteiger partial charge in [-0.05, 0) is 35.9 Å². The Morgan fingerprint density at radius 1 is 1.29 bits per heavy atom. The molecule has 78 valence electrons. The van der Waals surface area contributed by atoms with Gasteiger partial charge >= 0.3 is 0 Å². The quantitative estimate of drug-likeness (QED) is 0.783. The maximum atomic E-state index is 4.31. The summed E-state index contributed by atoms with van der Waals surface area (Å²) in [6.45, 7) is 6.35. The van der Waals surface area contributed by atoms with E-state index in [4.69, 9.17) is 0 Å². The van der Waals surface area contributed by atoms with E-state index >= 15 is 0 Å². The molecule has 0 atom stereocenters. The van der Waals surface area contributed by atoms with E-state index in [9.17, 15) is 0 Å². The number of halogens is 1. The number of anilines is 1. The van der Waals surface area contributed by atoms with Gasteiger partial charge in [0.2, 0.25) is 5.95 Å². The first kappa shape index (κ1) is 11.7. The second kappa shape index (κ2) is 6.16. The van der Waals surface area contributed by atoms with Gasteiger partial charge in [0.15, 0.2) is 0 Å². The number of nitrogens with zero attached hydrogens (tertiary/aromatic N) is 3. The first-order chi connectivity index (χ1) is 6.77. The van der Waals surface area contributed by atoms with Crippen LogP contribution in [-0.4, -0.2) is 23.1 Å². The van der Waals surface area contributed by atoms with Crippen LogP contribution in [-0.2, 0) is 0 Å². The van der Waals surface area contributed by atoms with Crippen molar-refractivity contribution in [2.75, 3.05) is 18.0 Å². The molecule has 0 N–H and O–H groups in total. The van der Waals surface area contributed by atoms with Crippen molar-refractivity contribution < 1.29 is 0 Å². The monoisotopic (exact) mass is 305 g/mol. The summed E-state index contributed by atoms with van der Waals surface area (Å²) in [5.74, 6) is 0.848. The van der Waals surface area contributed by atoms with Crippen molar-refractivity contribution in [1.82, 2.24) is 9.97 Å². The van der Waals surface area contributed by atoms with E-state index in [1.807, 2.05) is 12.4 Å². The highest BCUT2D eigenvalue weighted by atomic mass is 127. The lowest BCUT2D eigenvalue weighted by molar-refractivity contribution is 0.713. The zero-order valence-corrected chi connectivity index (χ0v) is 10.9. The van der Waals surface area contributed by atoms with Gasteiger partial charge in [0.05, 0.1) is 0 Å². The van der Waals surface area contributed by atoms with Crippen molar-refractivity contribution in [3.05, 3.63) is 16.0 Å². The van der Waals surface area contributed by atoms with Crippen LogP contribution in [0.15, 0.2) is 12.4 Å². The Hall–Kier alpha value is -0.390. The molecule has 0 saturated heterocycles. The molecule has 3 nitrogen and oxygen atoms in total. The summed E-state index contributed by atoms with van der Waals surface area (Å²) in [4.78, 5) is 10.8. The Balaban J connectivity index is 2.64. The van der Waals surface area contributed by atoms with Crippen LogP contribution in [0.2, 0.25) is 0 Å². The van der Waals surface area contributed by atoms with Crippen molar-refractivity contribution in [3.63, 3.8) is 0 Å². The van der Waals surface area contributed by atoms with E-state index in [0.717, 1.165) is 22.6 Å². The van der Waals surface area contributed by atoms with E-state index in [1.54, 1.807) is 0 Å². The van der Waals surface area contributed by atoms with Gasteiger partial charge in [0.1, 0.15) is 0 Å². The number of hydrogen-bond donors (Lipinski definition) is 0. The van der Waals surface area contributed by atoms with Crippen LogP contribution < -0.4 is 4.90 Å². The van der Waals surface area contributed by atoms with Crippen molar-refractivity contribution in [2.45, 2.75) is 26.7 Å². The van der Waals surface area contributed by atoms with Gasteiger partial charge in [0.25, 0.3) is 0 Å². The zero-order valence-electron chi connectivity index (χ0n) is 8.70. The molecule has 0 unspecified atom stereocenters. The van der Waals surface area contributed by atoms with E-state index in [2.05, 4.69) is 51.3 Å². The van der Waals surface area contributed by atoms with Gasteiger partial charge in [-0.15, -0.1) is 0 Å². The normalized spacial score (nSPS) is 10.2. The second-order valence-corrected chi connectivity index (χ2v) is 4.38. The summed E-state index contributed by atoms with van der Waals surface area (Å²) in [6, 6.07) is 0. The topological polar surface area (TPSA) is 29.0 Å². The third-order valence-electron chi connectivity index (χ3n) is 2.05. The molecule has 14 heavy (non-hydrogen) atoms. The van der Waals surface area contributed by atoms with E-state index < -0.39 is 0 Å². The fraction of sp³-hybridized carbons (Fsp3) is 0.600. The molecule has 4 heteroatoms. The summed E-state index contributed by atoms with van der Waals surface area (Å²) in [5, 5.41) is 0. The van der Waals surface area contributed by atoms with Crippen LogP contribution in [0.3, 0.4) is 0 Å². The predicted molar refractivity (Wildman–Crippen MR) is 67.5 cm³/mol. The fourth-order valence-electron chi connectivity index (χ4n) is 1.22. The second-order valence-electron chi connectivity index (χ2n) is 3.13. The molecule has 1 aromatic heterocycles. The molecule has 0 spiro atoms. The Bertz CT molecular complexity index is 261. The minimum absolute atomic E-state index is 0.848. The zero-order chi connectivity index (χ0) is 10.4. The maximum absolute atomic E-state index is 4.31. The summed E-state index contributed by atoms with van der Waals surface area (Å²) in [6.07, 6.45) is 6.12. The SMILES string of the molecule is CCCCN(CC)c1ncc(I)cn1. The molecule has 1 rings (SSSR count). The summed E-state index contributed by atoms with van der Waals surface area (Å²) < 4.78 is 1.08. The van der Waals surface area contributed by atoms with Crippen molar-refractivity contribution in [3.8, 4) is 0 Å². The molecule has 0 saturated carbocycles. The summed E-state index contributed by atoms with van der Waals surface area (Å²) in [7, 11) is 0. The van der Waals surface area contributed by atoms with Crippen LogP contribution in [0.25, 0.3) is 0 Å². The Kier molecular flexibility index (Phi) is 5.14. The minimum atomic E-state index is 0.848. The maximum Gasteiger partial charge on any atom is 0.225 e. The molecule has 0 aliphatic heterocycles. The Labute approximate surface area is 99.1 Å². The molecule has 0 fully saturated rings. The van der Waals surface area contributed by atoms with Gasteiger partial charge < -0.3 is 4.90 Å². The molecule has 1 heterocycles. The van der Waals surface area contributed by atoms with Gasteiger partial charge in [-0.3, -0.25) is 0 Å². The standard InChI is InChI=1S/C10H16IN3/c1-3-5-6-14(4-2)10-12-7-9(11)8-13-10/h7-8H,3-6H2,1-2H3. The molecule has 1 aromatic rings. The van der Waals surface area contributed by atoms with Gasteiger partial charge in [-0.25, -0.2) is 9.97 Å². The molecular weight excluding hydrogens is 289 g/mol. The van der Waals surface area contributed by atoms with Gasteiger partial charge in [0, 0.05) is 29.1 Å². The molecule has 0 radical (unpaired) electrons. The van der Waals surface area contributed by atoms with Crippen molar-refractivity contribution in [1.29, 1.82) is 0 Å². The van der Waals surface area contributed by atoms with Crippen LogP contribution in [0.5, 0.6) is 0 Å². The summed E-state index contributed by atoms with van der Waals surface area (Å²) in [5.41, 5.74) is 0. The van der Waals surface area contributed by atoms with Gasteiger partial charge in [-0.1, -0.05) is 13.3 Å². The summed E-state index contributed by atoms with van der Waals surface area (Å²) >= 11 is 2.22. The average Bonchev–Trinajstić information content (AvgIpc) is 2.21. The first-order valence-electron chi connectivity index (χ1n) is 5.00. The Morgan fingerprint density at radius 3 is 2.43 bits per heavy atom. The number of aromatic nitrogens is 2. The third kappa shape index (κ3) is 3.40. The molecule has 0 amide bonds. The van der Waals surface area contributed by atoms with E-state index in [0.29, 0.717) is 0 Å². The minimum Gasteiger partial charge on any atom is -0.341 e. The number of unbranched alkanes of at least 4 members (excludes halogenated alkanes) is 1. The molecule has 0 aliphatic rings. The Morgan fingerprint density at radius 2 is 1.93 bits per heavy atom. The lowest BCUT2D eigenvalue weighted by atomic mass is 10.3. The van der Waals surface area contributed by atoms with Crippen molar-refractivity contribution in [2.24, 2.45) is 0 Å². The van der Waals surface area contributed by atoms with Crippen molar-refractivity contribution >= 4 is 28.5 Å². The molecular formula is C10H16IN3. The molecule has 0 aliphatic carbocycles. The lowest BCUT2D eigenvalue weighted by Crippen LogP contribution is -2.25. The van der Waals surface area contributed by atoms with Crippen LogP contribution in [0.4, 0.5) is 5.95 Å². The third-order valence-corrected chi connectivity index (χ3v) is 2.61. The van der Waals surface area contributed by atoms with E-state index in [-0.39, 0.29) is 0 Å². The highest BCUT2D eigenvalue weighted by molar-refractivity contribution is 14.1. The van der Waals surface area contributed by atoms with Crippen LogP contribution in [0.1, 0.15) is 26.7 Å². The highest BCUT2D eigenvalue weighted by Gasteiger charge is 2.05. The van der Waals surface area contributed by atoms with Gasteiger partial charge in [-0.2, -0.15) is 0 Å². The van der Waals surface area contributed by atoms with Crippen LogP contribution >= 0.6 is 22.6 Å². The average molecular weight is 305 g/mol. The smallest absolute Gasteiger partial charge is 0.225 e. The highest BCUT2D eigenvalue weighted by Crippen LogP contribution is 2.09. The predicted octanol–water partition coefficient (Wildman–Crippen LogP) is 2.71. The molecule has 0 bridgehead atoms. The number of rotatable bonds is 5.